The number of rotatable bonds is 5. The number of aldehydes is 1. The molecule has 6 nitrogen and oxygen atoms in total. The van der Waals surface area contributed by atoms with Gasteiger partial charge in [-0.25, -0.2) is 0 Å². The summed E-state index contributed by atoms with van der Waals surface area (Å²) in [5.74, 6) is 0.529. The normalized spacial score (nSPS) is 9.40. The van der Waals surface area contributed by atoms with Crippen molar-refractivity contribution in [3.63, 3.8) is 0 Å². The molecule has 0 aliphatic heterocycles. The van der Waals surface area contributed by atoms with Crippen LogP contribution in [-0.2, 0) is 4.79 Å². The summed E-state index contributed by atoms with van der Waals surface area (Å²) >= 11 is 0. The zero-order valence-electron chi connectivity index (χ0n) is 8.00. The molecule has 6 heteroatoms. The molecule has 0 saturated heterocycles. The first-order valence-corrected chi connectivity index (χ1v) is 4.08. The Bertz CT molecular complexity index is 377. The van der Waals surface area contributed by atoms with Gasteiger partial charge < -0.3 is 9.47 Å². The number of benzene rings is 1. The second kappa shape index (κ2) is 4.94. The van der Waals surface area contributed by atoms with E-state index in [4.69, 9.17) is 9.47 Å². The van der Waals surface area contributed by atoms with E-state index in [1.807, 2.05) is 0 Å². The van der Waals surface area contributed by atoms with E-state index in [2.05, 4.69) is 0 Å². The first kappa shape index (κ1) is 11.0. The smallest absolute Gasteiger partial charge is 0.273 e. The van der Waals surface area contributed by atoms with Crippen LogP contribution in [0, 0.1) is 10.1 Å². The third kappa shape index (κ3) is 2.67. The van der Waals surface area contributed by atoms with Gasteiger partial charge in [-0.05, 0) is 6.07 Å². The average molecular weight is 211 g/mol. The van der Waals surface area contributed by atoms with Crippen molar-refractivity contribution < 1.29 is 19.2 Å². The van der Waals surface area contributed by atoms with Gasteiger partial charge in [0.15, 0.2) is 17.8 Å². The van der Waals surface area contributed by atoms with Crippen LogP contribution in [0.4, 0.5) is 5.69 Å². The van der Waals surface area contributed by atoms with Crippen LogP contribution in [-0.4, -0.2) is 24.9 Å². The van der Waals surface area contributed by atoms with E-state index in [-0.39, 0.29) is 18.0 Å². The molecule has 0 aliphatic carbocycles. The number of hydrogen-bond acceptors (Lipinski definition) is 5. The molecular formula is C9H9NO5. The van der Waals surface area contributed by atoms with E-state index in [1.165, 1.54) is 25.3 Å². The van der Waals surface area contributed by atoms with Crippen LogP contribution in [0.2, 0.25) is 0 Å². The lowest BCUT2D eigenvalue weighted by molar-refractivity contribution is -0.385. The van der Waals surface area contributed by atoms with Gasteiger partial charge >= 0.3 is 0 Å². The monoisotopic (exact) mass is 211 g/mol. The molecule has 15 heavy (non-hydrogen) atoms. The van der Waals surface area contributed by atoms with Crippen molar-refractivity contribution in [3.05, 3.63) is 28.3 Å². The molecule has 0 bridgehead atoms. The van der Waals surface area contributed by atoms with Crippen LogP contribution in [0.1, 0.15) is 0 Å². The molecule has 0 saturated carbocycles. The molecule has 1 rings (SSSR count). The lowest BCUT2D eigenvalue weighted by Gasteiger charge is -2.07. The van der Waals surface area contributed by atoms with E-state index in [9.17, 15) is 14.9 Å². The van der Waals surface area contributed by atoms with Crippen molar-refractivity contribution in [1.29, 1.82) is 0 Å². The van der Waals surface area contributed by atoms with Crippen LogP contribution in [0.5, 0.6) is 11.5 Å². The Hall–Kier alpha value is -2.11. The molecule has 0 radical (unpaired) electrons. The van der Waals surface area contributed by atoms with Crippen molar-refractivity contribution in [2.24, 2.45) is 0 Å². The summed E-state index contributed by atoms with van der Waals surface area (Å²) in [5, 5.41) is 10.5. The quantitative estimate of drug-likeness (QED) is 0.415. The minimum absolute atomic E-state index is 0.114. The van der Waals surface area contributed by atoms with Crippen LogP contribution in [0.3, 0.4) is 0 Å². The van der Waals surface area contributed by atoms with E-state index >= 15 is 0 Å². The largest absolute Gasteiger partial charge is 0.493 e. The topological polar surface area (TPSA) is 78.7 Å². The van der Waals surface area contributed by atoms with Gasteiger partial charge in [-0.3, -0.25) is 14.9 Å². The Kier molecular flexibility index (Phi) is 3.61. The number of nitrogens with zero attached hydrogens (tertiary/aromatic N) is 1. The Balaban J connectivity index is 3.01. The maximum Gasteiger partial charge on any atom is 0.273 e. The number of nitro groups is 1. The number of methoxy groups -OCH3 is 1. The third-order valence-electron chi connectivity index (χ3n) is 1.66. The third-order valence-corrected chi connectivity index (χ3v) is 1.66. The number of hydrogen-bond donors (Lipinski definition) is 0. The number of non-ortho nitro benzene ring substituents is 1. The highest BCUT2D eigenvalue weighted by atomic mass is 16.6. The molecule has 0 spiro atoms. The SMILES string of the molecule is COc1ccc([N+](=O)[O-])cc1OCC=O. The maximum absolute atomic E-state index is 10.5. The zero-order valence-corrected chi connectivity index (χ0v) is 8.00. The van der Waals surface area contributed by atoms with Crippen LogP contribution in [0.15, 0.2) is 18.2 Å². The zero-order chi connectivity index (χ0) is 11.3. The van der Waals surface area contributed by atoms with Crippen LogP contribution in [0.25, 0.3) is 0 Å². The minimum atomic E-state index is -0.548. The Labute approximate surface area is 85.6 Å². The van der Waals surface area contributed by atoms with E-state index in [1.54, 1.807) is 0 Å². The summed E-state index contributed by atoms with van der Waals surface area (Å²) in [6.07, 6.45) is 0.554. The van der Waals surface area contributed by atoms with Crippen molar-refractivity contribution in [3.8, 4) is 11.5 Å². The predicted octanol–water partition coefficient (Wildman–Crippen LogP) is 1.18. The molecule has 0 fully saturated rings. The Morgan fingerprint density at radius 2 is 2.20 bits per heavy atom. The van der Waals surface area contributed by atoms with Gasteiger partial charge in [0.05, 0.1) is 18.1 Å². The van der Waals surface area contributed by atoms with Gasteiger partial charge in [0.1, 0.15) is 6.61 Å². The van der Waals surface area contributed by atoms with E-state index < -0.39 is 4.92 Å². The van der Waals surface area contributed by atoms with Crippen molar-refractivity contribution >= 4 is 12.0 Å². The predicted molar refractivity (Wildman–Crippen MR) is 51.2 cm³/mol. The van der Waals surface area contributed by atoms with Gasteiger partial charge in [-0.1, -0.05) is 0 Å². The highest BCUT2D eigenvalue weighted by Gasteiger charge is 2.11. The average Bonchev–Trinajstić information content (AvgIpc) is 2.25. The molecule has 0 heterocycles. The highest BCUT2D eigenvalue weighted by molar-refractivity contribution is 5.54. The molecule has 0 N–H and O–H groups in total. The molecule has 1 aromatic carbocycles. The van der Waals surface area contributed by atoms with Crippen molar-refractivity contribution in [2.75, 3.05) is 13.7 Å². The Morgan fingerprint density at radius 3 is 2.73 bits per heavy atom. The molecule has 0 aliphatic rings. The van der Waals surface area contributed by atoms with E-state index in [0.29, 0.717) is 12.0 Å². The molecule has 0 amide bonds. The van der Waals surface area contributed by atoms with Crippen molar-refractivity contribution in [2.45, 2.75) is 0 Å². The first-order valence-electron chi connectivity index (χ1n) is 4.08. The minimum Gasteiger partial charge on any atom is -0.493 e. The van der Waals surface area contributed by atoms with Gasteiger partial charge in [-0.2, -0.15) is 0 Å². The molecule has 0 atom stereocenters. The summed E-state index contributed by atoms with van der Waals surface area (Å²) in [6, 6.07) is 3.92. The lowest BCUT2D eigenvalue weighted by Crippen LogP contribution is -2.00. The second-order valence-corrected chi connectivity index (χ2v) is 2.57. The summed E-state index contributed by atoms with van der Waals surface area (Å²) in [4.78, 5) is 20.0. The number of ether oxygens (including phenoxy) is 2. The lowest BCUT2D eigenvalue weighted by atomic mass is 10.3. The molecule has 1 aromatic rings. The Morgan fingerprint density at radius 1 is 1.47 bits per heavy atom. The van der Waals surface area contributed by atoms with Crippen LogP contribution >= 0.6 is 0 Å². The number of carbonyl (C=O) groups is 1. The van der Waals surface area contributed by atoms with Gasteiger partial charge in [-0.15, -0.1) is 0 Å². The summed E-state index contributed by atoms with van der Waals surface area (Å²) in [7, 11) is 1.41. The molecule has 80 valence electrons. The van der Waals surface area contributed by atoms with Gasteiger partial charge in [0.2, 0.25) is 0 Å². The molecule has 0 unspecified atom stereocenters. The fourth-order valence-corrected chi connectivity index (χ4v) is 1.02. The summed E-state index contributed by atoms with van der Waals surface area (Å²) in [5.41, 5.74) is -0.114. The number of carbonyl (C=O) groups excluding carboxylic acids is 1. The molecular weight excluding hydrogens is 202 g/mol. The van der Waals surface area contributed by atoms with Crippen molar-refractivity contribution in [1.82, 2.24) is 0 Å². The van der Waals surface area contributed by atoms with Crippen LogP contribution < -0.4 is 9.47 Å². The van der Waals surface area contributed by atoms with Gasteiger partial charge in [0, 0.05) is 6.07 Å². The van der Waals surface area contributed by atoms with E-state index in [0.717, 1.165) is 0 Å². The highest BCUT2D eigenvalue weighted by Crippen LogP contribution is 2.30. The van der Waals surface area contributed by atoms with Gasteiger partial charge in [0.25, 0.3) is 5.69 Å². The molecule has 0 aromatic heterocycles. The summed E-state index contributed by atoms with van der Waals surface area (Å²) < 4.78 is 9.88. The summed E-state index contributed by atoms with van der Waals surface area (Å²) in [6.45, 7) is -0.169. The second-order valence-electron chi connectivity index (χ2n) is 2.57. The maximum atomic E-state index is 10.5. The first-order chi connectivity index (χ1) is 7.19. The standard InChI is InChI=1S/C9H9NO5/c1-14-8-3-2-7(10(12)13)6-9(8)15-5-4-11/h2-4,6H,5H2,1H3. The fourth-order valence-electron chi connectivity index (χ4n) is 1.02. The fraction of sp³-hybridized carbons (Fsp3) is 0.222. The number of nitro benzene ring substituents is 1.